The van der Waals surface area contributed by atoms with Crippen molar-refractivity contribution in [2.24, 2.45) is 11.7 Å². The monoisotopic (exact) mass is 210 g/mol. The van der Waals surface area contributed by atoms with Gasteiger partial charge in [0.25, 0.3) is 0 Å². The van der Waals surface area contributed by atoms with E-state index in [1.807, 2.05) is 12.1 Å². The van der Waals surface area contributed by atoms with Crippen molar-refractivity contribution in [2.45, 2.75) is 6.42 Å². The highest BCUT2D eigenvalue weighted by Crippen LogP contribution is 2.31. The van der Waals surface area contributed by atoms with Gasteiger partial charge < -0.3 is 11.1 Å². The van der Waals surface area contributed by atoms with Crippen LogP contribution in [0.4, 0.5) is 5.69 Å². The number of hydrogen-bond acceptors (Lipinski definition) is 2. The third-order valence-corrected chi connectivity index (χ3v) is 2.78. The zero-order valence-corrected chi connectivity index (χ0v) is 8.34. The van der Waals surface area contributed by atoms with E-state index < -0.39 is 0 Å². The molecule has 3 nitrogen and oxygen atoms in total. The Labute approximate surface area is 87.2 Å². The van der Waals surface area contributed by atoms with Crippen molar-refractivity contribution in [2.75, 3.05) is 11.9 Å². The Morgan fingerprint density at radius 3 is 3.07 bits per heavy atom. The number of benzene rings is 1. The van der Waals surface area contributed by atoms with E-state index in [1.54, 1.807) is 6.07 Å². The van der Waals surface area contributed by atoms with Crippen LogP contribution in [-0.4, -0.2) is 12.5 Å². The minimum absolute atomic E-state index is 0.0342. The maximum atomic E-state index is 11.5. The molecule has 0 radical (unpaired) electrons. The molecule has 0 bridgehead atoms. The molecule has 1 aromatic carbocycles. The summed E-state index contributed by atoms with van der Waals surface area (Å²) < 4.78 is 0. The highest BCUT2D eigenvalue weighted by molar-refractivity contribution is 6.34. The first kappa shape index (κ1) is 9.49. The maximum Gasteiger partial charge on any atom is 0.229 e. The zero-order chi connectivity index (χ0) is 10.1. The standard InChI is InChI=1S/C10H11ClN2O/c11-8-3-1-2-6-4-7(5-12)10(14)13-9(6)8/h1-3,7H,4-5,12H2,(H,13,14). The van der Waals surface area contributed by atoms with Gasteiger partial charge in [0.2, 0.25) is 5.91 Å². The van der Waals surface area contributed by atoms with E-state index in [0.29, 0.717) is 18.0 Å². The predicted octanol–water partition coefficient (Wildman–Crippen LogP) is 1.41. The van der Waals surface area contributed by atoms with E-state index >= 15 is 0 Å². The van der Waals surface area contributed by atoms with E-state index in [1.165, 1.54) is 0 Å². The lowest BCUT2D eigenvalue weighted by molar-refractivity contribution is -0.119. The Balaban J connectivity index is 2.40. The number of nitrogens with one attached hydrogen (secondary N) is 1. The normalized spacial score (nSPS) is 20.1. The number of carbonyl (C=O) groups excluding carboxylic acids is 1. The summed E-state index contributed by atoms with van der Waals surface area (Å²) >= 11 is 5.95. The van der Waals surface area contributed by atoms with Gasteiger partial charge in [0.15, 0.2) is 0 Å². The number of hydrogen-bond donors (Lipinski definition) is 2. The lowest BCUT2D eigenvalue weighted by Crippen LogP contribution is -2.34. The van der Waals surface area contributed by atoms with Gasteiger partial charge in [0.05, 0.1) is 16.6 Å². The number of rotatable bonds is 1. The molecule has 1 unspecified atom stereocenters. The highest BCUT2D eigenvalue weighted by atomic mass is 35.5. The van der Waals surface area contributed by atoms with Gasteiger partial charge in [-0.1, -0.05) is 23.7 Å². The molecular weight excluding hydrogens is 200 g/mol. The van der Waals surface area contributed by atoms with Crippen molar-refractivity contribution < 1.29 is 4.79 Å². The van der Waals surface area contributed by atoms with Crippen LogP contribution in [0.2, 0.25) is 5.02 Å². The number of halogens is 1. The first-order valence-corrected chi connectivity index (χ1v) is 4.88. The molecule has 1 aliphatic heterocycles. The Morgan fingerprint density at radius 1 is 1.57 bits per heavy atom. The van der Waals surface area contributed by atoms with Gasteiger partial charge in [-0.05, 0) is 18.1 Å². The van der Waals surface area contributed by atoms with Gasteiger partial charge >= 0.3 is 0 Å². The molecule has 0 fully saturated rings. The lowest BCUT2D eigenvalue weighted by Gasteiger charge is -2.24. The Bertz CT molecular complexity index is 378. The van der Waals surface area contributed by atoms with Crippen LogP contribution >= 0.6 is 11.6 Å². The van der Waals surface area contributed by atoms with Gasteiger partial charge in [-0.15, -0.1) is 0 Å². The van der Waals surface area contributed by atoms with Crippen LogP contribution in [-0.2, 0) is 11.2 Å². The molecule has 0 spiro atoms. The maximum absolute atomic E-state index is 11.5. The summed E-state index contributed by atoms with van der Waals surface area (Å²) in [5.74, 6) is -0.158. The van der Waals surface area contributed by atoms with Crippen LogP contribution in [0.15, 0.2) is 18.2 Å². The van der Waals surface area contributed by atoms with Crippen LogP contribution < -0.4 is 11.1 Å². The minimum Gasteiger partial charge on any atom is -0.330 e. The van der Waals surface area contributed by atoms with Crippen molar-refractivity contribution in [3.05, 3.63) is 28.8 Å². The van der Waals surface area contributed by atoms with Gasteiger partial charge in [-0.2, -0.15) is 0 Å². The molecule has 3 N–H and O–H groups in total. The van der Waals surface area contributed by atoms with Crippen molar-refractivity contribution in [1.82, 2.24) is 0 Å². The molecule has 0 aliphatic carbocycles. The van der Waals surface area contributed by atoms with Crippen LogP contribution in [0.3, 0.4) is 0 Å². The quantitative estimate of drug-likeness (QED) is 0.737. The fourth-order valence-corrected chi connectivity index (χ4v) is 1.89. The summed E-state index contributed by atoms with van der Waals surface area (Å²) in [7, 11) is 0. The van der Waals surface area contributed by atoms with Crippen LogP contribution in [0.25, 0.3) is 0 Å². The van der Waals surface area contributed by atoms with Gasteiger partial charge in [0.1, 0.15) is 0 Å². The molecule has 0 aromatic heterocycles. The van der Waals surface area contributed by atoms with Gasteiger partial charge in [-0.3, -0.25) is 4.79 Å². The fourth-order valence-electron chi connectivity index (χ4n) is 1.65. The summed E-state index contributed by atoms with van der Waals surface area (Å²) in [5.41, 5.74) is 7.30. The molecular formula is C10H11ClN2O. The smallest absolute Gasteiger partial charge is 0.229 e. The predicted molar refractivity (Wildman–Crippen MR) is 56.3 cm³/mol. The first-order chi connectivity index (χ1) is 6.72. The molecule has 0 saturated carbocycles. The first-order valence-electron chi connectivity index (χ1n) is 4.50. The Hall–Kier alpha value is -1.06. The zero-order valence-electron chi connectivity index (χ0n) is 7.59. The van der Waals surface area contributed by atoms with Crippen LogP contribution in [0.1, 0.15) is 5.56 Å². The number of para-hydroxylation sites is 1. The number of amides is 1. The second-order valence-electron chi connectivity index (χ2n) is 3.40. The molecule has 14 heavy (non-hydrogen) atoms. The van der Waals surface area contributed by atoms with Crippen molar-refractivity contribution in [1.29, 1.82) is 0 Å². The molecule has 1 atom stereocenters. The second kappa shape index (κ2) is 3.59. The number of anilines is 1. The van der Waals surface area contributed by atoms with E-state index in [9.17, 15) is 4.79 Å². The number of fused-ring (bicyclic) bond motifs is 1. The summed E-state index contributed by atoms with van der Waals surface area (Å²) in [6.45, 7) is 0.373. The Kier molecular flexibility index (Phi) is 2.44. The molecule has 4 heteroatoms. The molecule has 1 heterocycles. The summed E-state index contributed by atoms with van der Waals surface area (Å²) in [4.78, 5) is 11.5. The topological polar surface area (TPSA) is 55.1 Å². The van der Waals surface area contributed by atoms with Gasteiger partial charge in [0, 0.05) is 6.54 Å². The summed E-state index contributed by atoms with van der Waals surface area (Å²) in [6.07, 6.45) is 0.679. The molecule has 1 aliphatic rings. The molecule has 0 saturated heterocycles. The van der Waals surface area contributed by atoms with Crippen LogP contribution in [0.5, 0.6) is 0 Å². The number of nitrogens with two attached hydrogens (primary N) is 1. The van der Waals surface area contributed by atoms with E-state index in [4.69, 9.17) is 17.3 Å². The summed E-state index contributed by atoms with van der Waals surface area (Å²) in [6, 6.07) is 5.61. The molecule has 1 amide bonds. The highest BCUT2D eigenvalue weighted by Gasteiger charge is 2.25. The van der Waals surface area contributed by atoms with E-state index in [0.717, 1.165) is 11.3 Å². The van der Waals surface area contributed by atoms with Gasteiger partial charge in [-0.25, -0.2) is 0 Å². The van der Waals surface area contributed by atoms with E-state index in [-0.39, 0.29) is 11.8 Å². The average Bonchev–Trinajstić information content (AvgIpc) is 2.19. The van der Waals surface area contributed by atoms with E-state index in [2.05, 4.69) is 5.32 Å². The van der Waals surface area contributed by atoms with Crippen molar-refractivity contribution in [3.63, 3.8) is 0 Å². The number of carbonyl (C=O) groups is 1. The largest absolute Gasteiger partial charge is 0.330 e. The molecule has 1 aromatic rings. The minimum atomic E-state index is -0.124. The third-order valence-electron chi connectivity index (χ3n) is 2.47. The van der Waals surface area contributed by atoms with Crippen molar-refractivity contribution >= 4 is 23.2 Å². The third kappa shape index (κ3) is 1.49. The van der Waals surface area contributed by atoms with Crippen LogP contribution in [0, 0.1) is 5.92 Å². The second-order valence-corrected chi connectivity index (χ2v) is 3.81. The average molecular weight is 211 g/mol. The Morgan fingerprint density at radius 2 is 2.36 bits per heavy atom. The van der Waals surface area contributed by atoms with Crippen molar-refractivity contribution in [3.8, 4) is 0 Å². The molecule has 74 valence electrons. The lowest BCUT2D eigenvalue weighted by atomic mass is 9.93. The molecule has 2 rings (SSSR count). The summed E-state index contributed by atoms with van der Waals surface area (Å²) in [5, 5.41) is 3.37. The fraction of sp³-hybridized carbons (Fsp3) is 0.300. The SMILES string of the molecule is NCC1Cc2cccc(Cl)c2NC1=O.